The lowest BCUT2D eigenvalue weighted by Crippen LogP contribution is -2.27. The first kappa shape index (κ1) is 19.4. The zero-order valence-corrected chi connectivity index (χ0v) is 16.7. The van der Waals surface area contributed by atoms with Crippen molar-refractivity contribution in [3.8, 4) is 17.5 Å². The summed E-state index contributed by atoms with van der Waals surface area (Å²) >= 11 is 0. The Labute approximate surface area is 173 Å². The van der Waals surface area contributed by atoms with Crippen LogP contribution in [0.1, 0.15) is 11.1 Å². The van der Waals surface area contributed by atoms with Gasteiger partial charge in [0.15, 0.2) is 0 Å². The summed E-state index contributed by atoms with van der Waals surface area (Å²) in [6, 6.07) is 23.6. The van der Waals surface area contributed by atoms with Gasteiger partial charge in [0, 0.05) is 5.56 Å². The Kier molecular flexibility index (Phi) is 5.04. The lowest BCUT2D eigenvalue weighted by atomic mass is 10.2. The molecule has 0 bridgehead atoms. The lowest BCUT2D eigenvalue weighted by molar-refractivity contribution is 0.563. The maximum absolute atomic E-state index is 13.6. The molecule has 0 atom stereocenters. The van der Waals surface area contributed by atoms with Crippen molar-refractivity contribution in [3.05, 3.63) is 90.0 Å². The van der Waals surface area contributed by atoms with Crippen LogP contribution in [0, 0.1) is 18.3 Å². The Bertz CT molecular complexity index is 1320. The molecule has 0 saturated carbocycles. The van der Waals surface area contributed by atoms with Crippen LogP contribution in [0.15, 0.2) is 88.2 Å². The van der Waals surface area contributed by atoms with Gasteiger partial charge < -0.3 is 4.42 Å². The number of hydrogen-bond acceptors (Lipinski definition) is 6. The Balaban J connectivity index is 1.89. The number of hydrogen-bond donors (Lipinski definition) is 0. The van der Waals surface area contributed by atoms with E-state index in [0.29, 0.717) is 11.3 Å². The molecular formula is C22H16N4O3S. The molecule has 3 aromatic carbocycles. The maximum atomic E-state index is 13.6. The summed E-state index contributed by atoms with van der Waals surface area (Å²) in [4.78, 5) is -0.146. The molecule has 30 heavy (non-hydrogen) atoms. The second kappa shape index (κ2) is 7.81. The molecule has 0 aliphatic rings. The van der Waals surface area contributed by atoms with Gasteiger partial charge in [0.05, 0.1) is 11.3 Å². The van der Waals surface area contributed by atoms with Crippen molar-refractivity contribution in [1.82, 2.24) is 10.2 Å². The van der Waals surface area contributed by atoms with Crippen molar-refractivity contribution in [2.45, 2.75) is 11.8 Å². The summed E-state index contributed by atoms with van der Waals surface area (Å²) in [6.45, 7) is 1.90. The van der Waals surface area contributed by atoms with Crippen LogP contribution < -0.4 is 4.31 Å². The van der Waals surface area contributed by atoms with E-state index in [9.17, 15) is 13.7 Å². The standard InChI is InChI=1S/C22H16N4O3S/c1-16-11-13-19(14-12-16)26(30(27,28)20-10-6-5-9-18(20)15-23)22-25-24-21(29-22)17-7-3-2-4-8-17/h2-14H,1H3. The van der Waals surface area contributed by atoms with E-state index >= 15 is 0 Å². The Morgan fingerprint density at radius 2 is 1.57 bits per heavy atom. The van der Waals surface area contributed by atoms with Crippen LogP contribution in [0.25, 0.3) is 11.5 Å². The smallest absolute Gasteiger partial charge is 0.337 e. The van der Waals surface area contributed by atoms with Crippen molar-refractivity contribution in [2.24, 2.45) is 0 Å². The molecule has 0 N–H and O–H groups in total. The van der Waals surface area contributed by atoms with Gasteiger partial charge in [-0.1, -0.05) is 53.1 Å². The molecule has 0 aliphatic heterocycles. The topological polar surface area (TPSA) is 100 Å². The maximum Gasteiger partial charge on any atom is 0.337 e. The van der Waals surface area contributed by atoms with E-state index in [1.165, 1.54) is 12.1 Å². The number of nitriles is 1. The molecule has 148 valence electrons. The monoisotopic (exact) mass is 416 g/mol. The molecule has 0 fully saturated rings. The van der Waals surface area contributed by atoms with Gasteiger partial charge in [0.25, 0.3) is 10.0 Å². The minimum atomic E-state index is -4.22. The normalized spacial score (nSPS) is 11.1. The van der Waals surface area contributed by atoms with Crippen LogP contribution in [0.5, 0.6) is 0 Å². The molecule has 7 nitrogen and oxygen atoms in total. The van der Waals surface area contributed by atoms with E-state index in [2.05, 4.69) is 10.2 Å². The Morgan fingerprint density at radius 3 is 2.27 bits per heavy atom. The summed E-state index contributed by atoms with van der Waals surface area (Å²) in [7, 11) is -4.22. The largest absolute Gasteiger partial charge is 0.402 e. The first-order valence-corrected chi connectivity index (χ1v) is 10.4. The second-order valence-electron chi connectivity index (χ2n) is 6.47. The molecule has 1 heterocycles. The third-order valence-electron chi connectivity index (χ3n) is 4.40. The van der Waals surface area contributed by atoms with Crippen LogP contribution in [0.3, 0.4) is 0 Å². The Hall–Kier alpha value is -3.96. The number of nitrogens with zero attached hydrogens (tertiary/aromatic N) is 4. The van der Waals surface area contributed by atoms with E-state index in [0.717, 1.165) is 9.87 Å². The van der Waals surface area contributed by atoms with Crippen LogP contribution in [0.2, 0.25) is 0 Å². The fraction of sp³-hybridized carbons (Fsp3) is 0.0455. The zero-order valence-electron chi connectivity index (χ0n) is 15.9. The second-order valence-corrected chi connectivity index (χ2v) is 8.22. The first-order valence-electron chi connectivity index (χ1n) is 9.01. The molecule has 0 aliphatic carbocycles. The van der Waals surface area contributed by atoms with E-state index in [1.54, 1.807) is 48.5 Å². The van der Waals surface area contributed by atoms with Gasteiger partial charge in [-0.15, -0.1) is 5.10 Å². The van der Waals surface area contributed by atoms with Gasteiger partial charge in [0.2, 0.25) is 5.89 Å². The molecule has 4 aromatic rings. The van der Waals surface area contributed by atoms with E-state index in [1.807, 2.05) is 31.2 Å². The molecule has 0 radical (unpaired) electrons. The van der Waals surface area contributed by atoms with Crippen molar-refractivity contribution < 1.29 is 12.8 Å². The quantitative estimate of drug-likeness (QED) is 0.477. The number of benzene rings is 3. The Morgan fingerprint density at radius 1 is 0.900 bits per heavy atom. The zero-order chi connectivity index (χ0) is 21.1. The van der Waals surface area contributed by atoms with Crippen LogP contribution in [0.4, 0.5) is 11.7 Å². The molecule has 8 heteroatoms. The average Bonchev–Trinajstić information content (AvgIpc) is 3.25. The number of sulfonamides is 1. The first-order chi connectivity index (χ1) is 14.5. The fourth-order valence-corrected chi connectivity index (χ4v) is 4.43. The summed E-state index contributed by atoms with van der Waals surface area (Å²) in [5.41, 5.74) is 1.97. The highest BCUT2D eigenvalue weighted by molar-refractivity contribution is 7.93. The van der Waals surface area contributed by atoms with Crippen molar-refractivity contribution >= 4 is 21.7 Å². The highest BCUT2D eigenvalue weighted by Crippen LogP contribution is 2.34. The van der Waals surface area contributed by atoms with E-state index in [4.69, 9.17) is 4.42 Å². The summed E-state index contributed by atoms with van der Waals surface area (Å²) < 4.78 is 33.9. The molecule has 0 unspecified atom stereocenters. The predicted molar refractivity (Wildman–Crippen MR) is 111 cm³/mol. The third kappa shape index (κ3) is 3.54. The minimum Gasteiger partial charge on any atom is -0.402 e. The fourth-order valence-electron chi connectivity index (χ4n) is 2.91. The predicted octanol–water partition coefficient (Wildman–Crippen LogP) is 4.44. The molecule has 0 spiro atoms. The van der Waals surface area contributed by atoms with Gasteiger partial charge in [0.1, 0.15) is 11.0 Å². The molecule has 0 amide bonds. The van der Waals surface area contributed by atoms with E-state index in [-0.39, 0.29) is 22.4 Å². The van der Waals surface area contributed by atoms with Crippen molar-refractivity contribution in [1.29, 1.82) is 5.26 Å². The summed E-state index contributed by atoms with van der Waals surface area (Å²) in [6.07, 6.45) is 0. The van der Waals surface area contributed by atoms with Gasteiger partial charge in [-0.25, -0.2) is 8.42 Å². The number of aryl methyl sites for hydroxylation is 1. The van der Waals surface area contributed by atoms with Gasteiger partial charge in [-0.05, 0) is 43.3 Å². The summed E-state index contributed by atoms with van der Waals surface area (Å²) in [5.74, 6) is 0.187. The minimum absolute atomic E-state index is 0.0254. The van der Waals surface area contributed by atoms with Crippen molar-refractivity contribution in [3.63, 3.8) is 0 Å². The van der Waals surface area contributed by atoms with E-state index < -0.39 is 10.0 Å². The van der Waals surface area contributed by atoms with Crippen LogP contribution in [-0.2, 0) is 10.0 Å². The van der Waals surface area contributed by atoms with Gasteiger partial charge in [-0.2, -0.15) is 9.57 Å². The van der Waals surface area contributed by atoms with Crippen molar-refractivity contribution in [2.75, 3.05) is 4.31 Å². The molecule has 0 saturated heterocycles. The molecule has 4 rings (SSSR count). The lowest BCUT2D eigenvalue weighted by Gasteiger charge is -2.21. The van der Waals surface area contributed by atoms with Gasteiger partial charge in [-0.3, -0.25) is 0 Å². The third-order valence-corrected chi connectivity index (χ3v) is 6.16. The summed E-state index contributed by atoms with van der Waals surface area (Å²) in [5, 5.41) is 17.4. The SMILES string of the molecule is Cc1ccc(N(c2nnc(-c3ccccc3)o2)S(=O)(=O)c2ccccc2C#N)cc1. The number of rotatable bonds is 5. The number of anilines is 2. The van der Waals surface area contributed by atoms with Crippen LogP contribution >= 0.6 is 0 Å². The highest BCUT2D eigenvalue weighted by atomic mass is 32.2. The average molecular weight is 416 g/mol. The highest BCUT2D eigenvalue weighted by Gasteiger charge is 2.33. The van der Waals surface area contributed by atoms with Crippen LogP contribution in [-0.4, -0.2) is 18.6 Å². The molecular weight excluding hydrogens is 400 g/mol. The van der Waals surface area contributed by atoms with Gasteiger partial charge >= 0.3 is 6.01 Å². The molecule has 1 aromatic heterocycles. The number of aromatic nitrogens is 2.